The molecule has 0 bridgehead atoms. The number of nitrogens with zero attached hydrogens (tertiary/aromatic N) is 2. The van der Waals surface area contributed by atoms with Crippen LogP contribution in [0.1, 0.15) is 43.0 Å². The first-order chi connectivity index (χ1) is 16.1. The lowest BCUT2D eigenvalue weighted by Crippen LogP contribution is -2.54. The van der Waals surface area contributed by atoms with Gasteiger partial charge in [0.2, 0.25) is 17.2 Å². The minimum Gasteiger partial charge on any atom is -0.425 e. The molecule has 0 saturated carbocycles. The molecule has 7 heteroatoms. The summed E-state index contributed by atoms with van der Waals surface area (Å²) in [5, 5.41) is 10.6. The van der Waals surface area contributed by atoms with Gasteiger partial charge in [-0.15, -0.1) is 0 Å². The van der Waals surface area contributed by atoms with Gasteiger partial charge < -0.3 is 19.8 Å². The zero-order valence-electron chi connectivity index (χ0n) is 19.1. The minimum atomic E-state index is -1.77. The van der Waals surface area contributed by atoms with Crippen LogP contribution in [0.3, 0.4) is 0 Å². The highest BCUT2D eigenvalue weighted by atomic mass is 16.6. The average Bonchev–Trinajstić information content (AvgIpc) is 3.02. The highest BCUT2D eigenvalue weighted by molar-refractivity contribution is 6.18. The number of allylic oxidation sites excluding steroid dienone is 1. The Kier molecular flexibility index (Phi) is 3.69. The predicted octanol–water partition coefficient (Wildman–Crippen LogP) is 4.02. The van der Waals surface area contributed by atoms with E-state index in [4.69, 9.17) is 14.9 Å². The molecule has 6 rings (SSSR count). The zero-order valence-corrected chi connectivity index (χ0v) is 19.1. The van der Waals surface area contributed by atoms with Crippen molar-refractivity contribution in [3.05, 3.63) is 86.4 Å². The van der Waals surface area contributed by atoms with E-state index >= 15 is 0 Å². The molecule has 168 valence electrons. The first-order valence-corrected chi connectivity index (χ1v) is 11.0. The number of amides is 1. The van der Waals surface area contributed by atoms with Crippen molar-refractivity contribution < 1.29 is 13.9 Å². The fourth-order valence-electron chi connectivity index (χ4n) is 5.81. The van der Waals surface area contributed by atoms with E-state index in [0.717, 1.165) is 16.7 Å². The van der Waals surface area contributed by atoms with Crippen LogP contribution in [-0.4, -0.2) is 11.4 Å². The molecule has 0 aliphatic carbocycles. The molecule has 3 aliphatic heterocycles. The van der Waals surface area contributed by atoms with Crippen molar-refractivity contribution in [2.24, 2.45) is 5.73 Å². The number of nitriles is 1. The SMILES string of the molecule is CC1=CC(C)(C)N2C(=O)[C@]3(C(C#N)=C(N)Oc4oc5ccccc5c(=O)c43)c3cc(C)cc1c32. The van der Waals surface area contributed by atoms with E-state index in [0.29, 0.717) is 22.2 Å². The van der Waals surface area contributed by atoms with Gasteiger partial charge in [-0.25, -0.2) is 0 Å². The molecule has 0 fully saturated rings. The number of hydrogen-bond acceptors (Lipinski definition) is 6. The number of carbonyl (C=O) groups is 1. The first kappa shape index (κ1) is 20.3. The van der Waals surface area contributed by atoms with Gasteiger partial charge in [-0.1, -0.05) is 29.8 Å². The van der Waals surface area contributed by atoms with Crippen molar-refractivity contribution in [1.29, 1.82) is 5.26 Å². The van der Waals surface area contributed by atoms with Gasteiger partial charge in [0.1, 0.15) is 22.8 Å². The number of carbonyl (C=O) groups excluding carboxylic acids is 1. The van der Waals surface area contributed by atoms with E-state index in [1.807, 2.05) is 45.9 Å². The second kappa shape index (κ2) is 6.17. The summed E-state index contributed by atoms with van der Waals surface area (Å²) in [6.07, 6.45) is 2.03. The fraction of sp³-hybridized carbons (Fsp3) is 0.222. The Morgan fingerprint density at radius 2 is 1.85 bits per heavy atom. The Hall–Kier alpha value is -4.31. The topological polar surface area (TPSA) is 110 Å². The molecule has 4 heterocycles. The molecule has 0 unspecified atom stereocenters. The monoisotopic (exact) mass is 451 g/mol. The maximum absolute atomic E-state index is 14.6. The normalized spacial score (nSPS) is 21.8. The van der Waals surface area contributed by atoms with Crippen LogP contribution in [0.25, 0.3) is 16.5 Å². The van der Waals surface area contributed by atoms with E-state index in [1.165, 1.54) is 0 Å². The summed E-state index contributed by atoms with van der Waals surface area (Å²) in [5.41, 5.74) is 7.53. The number of anilines is 1. The predicted molar refractivity (Wildman–Crippen MR) is 127 cm³/mol. The molecule has 2 N–H and O–H groups in total. The van der Waals surface area contributed by atoms with E-state index in [2.05, 4.69) is 6.07 Å². The van der Waals surface area contributed by atoms with Crippen molar-refractivity contribution in [3.8, 4) is 12.0 Å². The molecule has 2 aromatic carbocycles. The molecule has 7 nitrogen and oxygen atoms in total. The average molecular weight is 451 g/mol. The van der Waals surface area contributed by atoms with Crippen LogP contribution < -0.4 is 20.8 Å². The van der Waals surface area contributed by atoms with E-state index in [-0.39, 0.29) is 23.0 Å². The zero-order chi connectivity index (χ0) is 24.2. The lowest BCUT2D eigenvalue weighted by Gasteiger charge is -2.40. The van der Waals surface area contributed by atoms with Crippen LogP contribution in [0.5, 0.6) is 5.95 Å². The summed E-state index contributed by atoms with van der Waals surface area (Å²) in [6.45, 7) is 7.79. The van der Waals surface area contributed by atoms with Gasteiger partial charge in [-0.2, -0.15) is 5.26 Å². The molecule has 1 atom stereocenters. The summed E-state index contributed by atoms with van der Waals surface area (Å²) >= 11 is 0. The van der Waals surface area contributed by atoms with Gasteiger partial charge in [0.15, 0.2) is 5.41 Å². The number of aryl methyl sites for hydroxylation is 1. The van der Waals surface area contributed by atoms with Crippen LogP contribution in [-0.2, 0) is 10.2 Å². The summed E-state index contributed by atoms with van der Waals surface area (Å²) in [4.78, 5) is 30.2. The summed E-state index contributed by atoms with van der Waals surface area (Å²) in [5.74, 6) is -0.833. The molecule has 0 saturated heterocycles. The summed E-state index contributed by atoms with van der Waals surface area (Å²) in [6, 6.07) is 12.7. The lowest BCUT2D eigenvalue weighted by molar-refractivity contribution is -0.121. The van der Waals surface area contributed by atoms with Crippen molar-refractivity contribution in [2.45, 2.75) is 38.6 Å². The van der Waals surface area contributed by atoms with Crippen LogP contribution in [0.2, 0.25) is 0 Å². The number of fused-ring (bicyclic) bond motifs is 4. The Morgan fingerprint density at radius 3 is 2.59 bits per heavy atom. The van der Waals surface area contributed by atoms with Gasteiger partial charge >= 0.3 is 5.95 Å². The second-order valence-electron chi connectivity index (χ2n) is 9.62. The van der Waals surface area contributed by atoms with Gasteiger partial charge in [0.25, 0.3) is 0 Å². The Labute approximate surface area is 195 Å². The van der Waals surface area contributed by atoms with Crippen LogP contribution in [0.4, 0.5) is 5.69 Å². The van der Waals surface area contributed by atoms with Crippen molar-refractivity contribution in [3.63, 3.8) is 0 Å². The molecular formula is C27H21N3O4. The number of benzene rings is 2. The number of ether oxygens (including phenoxy) is 1. The van der Waals surface area contributed by atoms with Crippen LogP contribution >= 0.6 is 0 Å². The van der Waals surface area contributed by atoms with Crippen molar-refractivity contribution in [1.82, 2.24) is 0 Å². The van der Waals surface area contributed by atoms with Crippen LogP contribution in [0, 0.1) is 18.3 Å². The third kappa shape index (κ3) is 2.15. The maximum Gasteiger partial charge on any atom is 0.300 e. The largest absolute Gasteiger partial charge is 0.425 e. The molecule has 1 amide bonds. The summed E-state index contributed by atoms with van der Waals surface area (Å²) < 4.78 is 11.6. The number of para-hydroxylation sites is 1. The second-order valence-corrected chi connectivity index (χ2v) is 9.62. The quantitative estimate of drug-likeness (QED) is 0.553. The number of nitrogens with two attached hydrogens (primary N) is 1. The third-order valence-electron chi connectivity index (χ3n) is 7.05. The minimum absolute atomic E-state index is 0.0161. The first-order valence-electron chi connectivity index (χ1n) is 11.0. The van der Waals surface area contributed by atoms with Gasteiger partial charge in [-0.3, -0.25) is 9.59 Å². The smallest absolute Gasteiger partial charge is 0.300 e. The molecule has 3 aromatic rings. The summed E-state index contributed by atoms with van der Waals surface area (Å²) in [7, 11) is 0. The Morgan fingerprint density at radius 1 is 1.12 bits per heavy atom. The van der Waals surface area contributed by atoms with Crippen molar-refractivity contribution in [2.75, 3.05) is 4.90 Å². The molecule has 34 heavy (non-hydrogen) atoms. The fourth-order valence-corrected chi connectivity index (χ4v) is 5.81. The van der Waals surface area contributed by atoms with Crippen LogP contribution in [0.15, 0.2) is 63.1 Å². The number of hydrogen-bond donors (Lipinski definition) is 1. The van der Waals surface area contributed by atoms with Gasteiger partial charge in [-0.05, 0) is 51.5 Å². The van der Waals surface area contributed by atoms with E-state index < -0.39 is 22.3 Å². The molecule has 0 radical (unpaired) electrons. The molecule has 1 spiro atoms. The third-order valence-corrected chi connectivity index (χ3v) is 7.05. The molecule has 1 aromatic heterocycles. The maximum atomic E-state index is 14.6. The van der Waals surface area contributed by atoms with E-state index in [9.17, 15) is 14.9 Å². The number of rotatable bonds is 0. The highest BCUT2D eigenvalue weighted by Crippen LogP contribution is 2.59. The Bertz CT molecular complexity index is 1650. The van der Waals surface area contributed by atoms with E-state index in [1.54, 1.807) is 29.2 Å². The van der Waals surface area contributed by atoms with Gasteiger partial charge in [0, 0.05) is 11.1 Å². The van der Waals surface area contributed by atoms with Gasteiger partial charge in [0.05, 0.1) is 16.6 Å². The molecule has 3 aliphatic rings. The van der Waals surface area contributed by atoms with Crippen molar-refractivity contribution >= 4 is 28.1 Å². The highest BCUT2D eigenvalue weighted by Gasteiger charge is 2.64. The standard InChI is InChI=1S/C27H21N3O4/c1-13-9-16-14(2)11-26(3,4)30-21(16)17(10-13)27(25(30)32)18(12-28)23(29)34-24-20(27)22(31)15-7-5-6-8-19(15)33-24/h5-11H,29H2,1-4H3/t27-/m0/s1. The molecular weight excluding hydrogens is 430 g/mol. The lowest BCUT2D eigenvalue weighted by atomic mass is 9.68. The Balaban J connectivity index is 1.86.